The Labute approximate surface area is 188 Å². The molecule has 3 rings (SSSR count). The van der Waals surface area contributed by atoms with Gasteiger partial charge < -0.3 is 20.3 Å². The number of ether oxygens (including phenoxy) is 2. The van der Waals surface area contributed by atoms with Crippen LogP contribution in [0.4, 0.5) is 0 Å². The van der Waals surface area contributed by atoms with Crippen molar-refractivity contribution in [2.45, 2.75) is 32.9 Å². The Morgan fingerprint density at radius 2 is 1.87 bits per heavy atom. The van der Waals surface area contributed by atoms with E-state index < -0.39 is 0 Å². The molecule has 0 amide bonds. The molecule has 3 aromatic rings. The number of quaternary nitrogens is 1. The van der Waals surface area contributed by atoms with Gasteiger partial charge in [-0.1, -0.05) is 34.5 Å². The highest BCUT2D eigenvalue weighted by Gasteiger charge is 2.17. The first-order chi connectivity index (χ1) is 14.3. The molecule has 2 heterocycles. The quantitative estimate of drug-likeness (QED) is 0.521. The van der Waals surface area contributed by atoms with Gasteiger partial charge in [0.15, 0.2) is 0 Å². The summed E-state index contributed by atoms with van der Waals surface area (Å²) < 4.78 is 11.3. The lowest BCUT2D eigenvalue weighted by Crippen LogP contribution is -2.65. The van der Waals surface area contributed by atoms with Crippen LogP contribution in [-0.4, -0.2) is 45.6 Å². The minimum absolute atomic E-state index is 0.0190. The summed E-state index contributed by atoms with van der Waals surface area (Å²) in [5, 5.41) is 19.9. The molecule has 1 aromatic carbocycles. The van der Waals surface area contributed by atoms with Gasteiger partial charge in [-0.3, -0.25) is 0 Å². The van der Waals surface area contributed by atoms with Crippen LogP contribution in [0, 0.1) is 6.92 Å². The molecule has 0 bridgehead atoms. The first-order valence-corrected chi connectivity index (χ1v) is 10.9. The van der Waals surface area contributed by atoms with Gasteiger partial charge in [0, 0.05) is 17.3 Å². The van der Waals surface area contributed by atoms with E-state index in [9.17, 15) is 0 Å². The van der Waals surface area contributed by atoms with Crippen molar-refractivity contribution in [2.24, 2.45) is 0 Å². The maximum atomic E-state index is 9.09. The molecule has 2 aromatic heterocycles. The van der Waals surface area contributed by atoms with Crippen LogP contribution in [0.3, 0.4) is 0 Å². The third kappa shape index (κ3) is 5.39. The molecule has 10 heteroatoms. The van der Waals surface area contributed by atoms with Crippen molar-refractivity contribution in [1.82, 2.24) is 15.2 Å². The predicted molar refractivity (Wildman–Crippen MR) is 118 cm³/mol. The van der Waals surface area contributed by atoms with E-state index in [1.807, 2.05) is 26.8 Å². The number of benzene rings is 1. The minimum atomic E-state index is -0.202. The number of aliphatic hydroxyl groups is 1. The monoisotopic (exact) mass is 469 g/mol. The van der Waals surface area contributed by atoms with Crippen molar-refractivity contribution in [3.05, 3.63) is 40.0 Å². The molecule has 0 aliphatic rings. The molecule has 160 valence electrons. The molecule has 0 aliphatic heterocycles. The zero-order chi connectivity index (χ0) is 21.8. The summed E-state index contributed by atoms with van der Waals surface area (Å²) >= 11 is 14.2. The van der Waals surface area contributed by atoms with E-state index in [1.54, 1.807) is 18.3 Å². The van der Waals surface area contributed by atoms with Gasteiger partial charge in [0.25, 0.3) is 0 Å². The third-order valence-electron chi connectivity index (χ3n) is 4.05. The first-order valence-electron chi connectivity index (χ1n) is 9.31. The van der Waals surface area contributed by atoms with Crippen LogP contribution >= 0.6 is 34.5 Å². The van der Waals surface area contributed by atoms with Gasteiger partial charge >= 0.3 is 0 Å². The van der Waals surface area contributed by atoms with Crippen LogP contribution < -0.4 is 15.2 Å². The van der Waals surface area contributed by atoms with Crippen molar-refractivity contribution in [1.29, 1.82) is 0 Å². The number of pyridine rings is 1. The summed E-state index contributed by atoms with van der Waals surface area (Å²) in [6.07, 6.45) is 1.64. The van der Waals surface area contributed by atoms with Crippen molar-refractivity contribution in [3.8, 4) is 32.8 Å². The highest BCUT2D eigenvalue weighted by molar-refractivity contribution is 7.18. The topological polar surface area (TPSA) is 105 Å². The Hall–Kier alpha value is -1.97. The van der Waals surface area contributed by atoms with E-state index in [0.717, 1.165) is 16.7 Å². The molecule has 30 heavy (non-hydrogen) atoms. The number of halogens is 2. The number of hydrogen-bond donors (Lipinski definition) is 2. The number of nitrogens with zero attached hydrogens (tertiary/aromatic N) is 3. The van der Waals surface area contributed by atoms with Crippen LogP contribution in [-0.2, 0) is 0 Å². The Morgan fingerprint density at radius 3 is 2.53 bits per heavy atom. The highest BCUT2D eigenvalue weighted by Crippen LogP contribution is 2.38. The SMILES string of the molecule is Cc1cc(-c2nnc(-c3cnc(OC(C)C)c(Cl)c3)s2)c(Cl)cc1OCC([NH3+])CO. The second kappa shape index (κ2) is 9.89. The van der Waals surface area contributed by atoms with Crippen molar-refractivity contribution in [3.63, 3.8) is 0 Å². The number of hydrogen-bond acceptors (Lipinski definition) is 7. The number of aromatic nitrogens is 3. The van der Waals surface area contributed by atoms with Gasteiger partial charge in [0.2, 0.25) is 5.88 Å². The zero-order valence-corrected chi connectivity index (χ0v) is 19.2. The second-order valence-corrected chi connectivity index (χ2v) is 8.84. The smallest absolute Gasteiger partial charge is 0.232 e. The standard InChI is InChI=1S/C20H22Cl2N4O3S/c1-10(2)29-18-16(22)5-12(7-24-18)19-25-26-20(30-19)14-4-11(3)17(6-15(14)21)28-9-13(23)8-27/h4-7,10,13,27H,8-9,23H2,1-3H3/p+1. The van der Waals surface area contributed by atoms with Crippen molar-refractivity contribution < 1.29 is 20.3 Å². The predicted octanol–water partition coefficient (Wildman–Crippen LogP) is 3.65. The lowest BCUT2D eigenvalue weighted by Gasteiger charge is -2.12. The van der Waals surface area contributed by atoms with Gasteiger partial charge in [-0.2, -0.15) is 0 Å². The Kier molecular flexibility index (Phi) is 7.49. The lowest BCUT2D eigenvalue weighted by molar-refractivity contribution is -0.429. The fraction of sp³-hybridized carbons (Fsp3) is 0.350. The third-order valence-corrected chi connectivity index (χ3v) is 5.64. The molecule has 0 aliphatic carbocycles. The summed E-state index contributed by atoms with van der Waals surface area (Å²) in [5.41, 5.74) is 6.21. The van der Waals surface area contributed by atoms with E-state index in [1.165, 1.54) is 11.3 Å². The fourth-order valence-corrected chi connectivity index (χ4v) is 3.91. The molecule has 1 unspecified atom stereocenters. The normalized spacial score (nSPS) is 12.3. The van der Waals surface area contributed by atoms with Crippen LogP contribution in [0.25, 0.3) is 21.1 Å². The second-order valence-electron chi connectivity index (χ2n) is 7.05. The van der Waals surface area contributed by atoms with Crippen molar-refractivity contribution in [2.75, 3.05) is 13.2 Å². The molecule has 4 N–H and O–H groups in total. The van der Waals surface area contributed by atoms with E-state index in [-0.39, 0.29) is 18.8 Å². The molecule has 0 fully saturated rings. The lowest BCUT2D eigenvalue weighted by atomic mass is 10.1. The largest absolute Gasteiger partial charge is 0.487 e. The van der Waals surface area contributed by atoms with Crippen LogP contribution in [0.15, 0.2) is 24.4 Å². The van der Waals surface area contributed by atoms with E-state index in [4.69, 9.17) is 37.8 Å². The van der Waals surface area contributed by atoms with E-state index >= 15 is 0 Å². The van der Waals surface area contributed by atoms with Gasteiger partial charge in [0.1, 0.15) is 33.4 Å². The average Bonchev–Trinajstić information content (AvgIpc) is 3.19. The minimum Gasteiger partial charge on any atom is -0.487 e. The molecule has 1 atom stereocenters. The summed E-state index contributed by atoms with van der Waals surface area (Å²) in [5.74, 6) is 1.03. The van der Waals surface area contributed by atoms with Crippen LogP contribution in [0.2, 0.25) is 10.0 Å². The van der Waals surface area contributed by atoms with Gasteiger partial charge in [-0.15, -0.1) is 10.2 Å². The molecule has 7 nitrogen and oxygen atoms in total. The Bertz CT molecular complexity index is 1030. The molecule has 0 spiro atoms. The van der Waals surface area contributed by atoms with E-state index in [2.05, 4.69) is 20.9 Å². The van der Waals surface area contributed by atoms with Gasteiger partial charge in [0.05, 0.1) is 17.7 Å². The summed E-state index contributed by atoms with van der Waals surface area (Å²) in [6, 6.07) is 5.21. The highest BCUT2D eigenvalue weighted by atomic mass is 35.5. The zero-order valence-electron chi connectivity index (χ0n) is 16.9. The Balaban J connectivity index is 1.84. The summed E-state index contributed by atoms with van der Waals surface area (Å²) in [6.45, 7) is 6.01. The summed E-state index contributed by atoms with van der Waals surface area (Å²) in [7, 11) is 0. The fourth-order valence-electron chi connectivity index (χ4n) is 2.54. The van der Waals surface area contributed by atoms with Crippen LogP contribution in [0.5, 0.6) is 11.6 Å². The molecule has 0 saturated heterocycles. The van der Waals surface area contributed by atoms with Crippen LogP contribution in [0.1, 0.15) is 19.4 Å². The number of aliphatic hydroxyl groups excluding tert-OH is 1. The molecular weight excluding hydrogens is 447 g/mol. The number of aryl methyl sites for hydroxylation is 1. The average molecular weight is 470 g/mol. The van der Waals surface area contributed by atoms with Gasteiger partial charge in [-0.25, -0.2) is 4.98 Å². The molecule has 0 radical (unpaired) electrons. The van der Waals surface area contributed by atoms with E-state index in [0.29, 0.717) is 38.3 Å². The Morgan fingerprint density at radius 1 is 1.13 bits per heavy atom. The number of rotatable bonds is 8. The molecule has 0 saturated carbocycles. The van der Waals surface area contributed by atoms with Gasteiger partial charge in [-0.05, 0) is 44.5 Å². The molecular formula is C20H23Cl2N4O3S+. The summed E-state index contributed by atoms with van der Waals surface area (Å²) in [4.78, 5) is 4.28. The first kappa shape index (κ1) is 22.7. The van der Waals surface area contributed by atoms with Crippen molar-refractivity contribution >= 4 is 34.5 Å². The maximum absolute atomic E-state index is 9.09. The maximum Gasteiger partial charge on any atom is 0.232 e.